The molecule has 0 aliphatic rings. The number of hydrogen-bond acceptors (Lipinski definition) is 8. The number of rotatable bonds is 11. The van der Waals surface area contributed by atoms with Gasteiger partial charge in [-0.3, -0.25) is 4.79 Å². The monoisotopic (exact) mass is 551 g/mol. The summed E-state index contributed by atoms with van der Waals surface area (Å²) in [5.74, 6) is -1.02. The number of halogens is 1. The number of aliphatic hydroxyl groups excluding tert-OH is 1. The molecular weight excluding hydrogens is 513 g/mol. The predicted molar refractivity (Wildman–Crippen MR) is 146 cm³/mol. The SMILES string of the molecule is CO[C@@H](CC(=O)OC(C)(C)C)CC(O)/C=C/c1c(-c2ccc(F)cc2)nc(N(C)S(C)(=O)=O)nc1C(C)C. The average molecular weight is 552 g/mol. The van der Waals surface area contributed by atoms with Crippen LogP contribution in [0.25, 0.3) is 17.3 Å². The number of sulfonamides is 1. The number of anilines is 1. The van der Waals surface area contributed by atoms with Crippen molar-refractivity contribution >= 4 is 28.0 Å². The molecule has 0 amide bonds. The van der Waals surface area contributed by atoms with E-state index in [1.54, 1.807) is 45.1 Å². The molecule has 1 aromatic carbocycles. The third-order valence-electron chi connectivity index (χ3n) is 5.54. The maximum absolute atomic E-state index is 13.7. The fourth-order valence-corrected chi connectivity index (χ4v) is 3.96. The van der Waals surface area contributed by atoms with Gasteiger partial charge in [0.05, 0.1) is 36.3 Å². The van der Waals surface area contributed by atoms with Crippen LogP contribution in [0.4, 0.5) is 10.3 Å². The lowest BCUT2D eigenvalue weighted by Crippen LogP contribution is -2.28. The topological polar surface area (TPSA) is 119 Å². The molecule has 1 N–H and O–H groups in total. The largest absolute Gasteiger partial charge is 0.460 e. The minimum atomic E-state index is -3.64. The number of aliphatic hydroxyl groups is 1. The highest BCUT2D eigenvalue weighted by molar-refractivity contribution is 7.92. The average Bonchev–Trinajstić information content (AvgIpc) is 2.80. The molecule has 2 aromatic rings. The molecule has 11 heteroatoms. The van der Waals surface area contributed by atoms with Gasteiger partial charge in [-0.15, -0.1) is 0 Å². The van der Waals surface area contributed by atoms with Gasteiger partial charge in [0.1, 0.15) is 11.4 Å². The van der Waals surface area contributed by atoms with Crippen molar-refractivity contribution in [1.82, 2.24) is 9.97 Å². The summed E-state index contributed by atoms with van der Waals surface area (Å²) in [7, 11) is -0.825. The summed E-state index contributed by atoms with van der Waals surface area (Å²) in [4.78, 5) is 21.2. The Morgan fingerprint density at radius 2 is 1.79 bits per heavy atom. The van der Waals surface area contributed by atoms with Crippen LogP contribution < -0.4 is 4.31 Å². The maximum Gasteiger partial charge on any atom is 0.308 e. The van der Waals surface area contributed by atoms with Gasteiger partial charge in [-0.25, -0.2) is 27.1 Å². The second kappa shape index (κ2) is 12.8. The molecule has 0 aliphatic heterocycles. The Bertz CT molecular complexity index is 1240. The standard InChI is InChI=1S/C27H38FN3O6S/c1-17(2)24-22(14-13-20(32)15-21(36-7)16-23(33)37-27(3,4)5)25(18-9-11-19(28)12-10-18)30-26(29-24)31(6)38(8,34)35/h9-14,17,20-21,32H,15-16H2,1-8H3/b14-13+/t20?,21-/m1/s1. The molecule has 0 bridgehead atoms. The quantitative estimate of drug-likeness (QED) is 0.411. The number of benzene rings is 1. The Kier molecular flexibility index (Phi) is 10.5. The van der Waals surface area contributed by atoms with Crippen molar-refractivity contribution in [2.45, 2.75) is 71.2 Å². The van der Waals surface area contributed by atoms with Gasteiger partial charge >= 0.3 is 5.97 Å². The molecule has 0 radical (unpaired) electrons. The fraction of sp³-hybridized carbons (Fsp3) is 0.519. The summed E-state index contributed by atoms with van der Waals surface area (Å²) in [6.07, 6.45) is 2.80. The molecule has 0 aliphatic carbocycles. The van der Waals surface area contributed by atoms with E-state index in [2.05, 4.69) is 9.97 Å². The van der Waals surface area contributed by atoms with Crippen molar-refractivity contribution in [3.05, 3.63) is 47.4 Å². The minimum Gasteiger partial charge on any atom is -0.460 e. The smallest absolute Gasteiger partial charge is 0.308 e. The Hall–Kier alpha value is -2.89. The fourth-order valence-electron chi connectivity index (χ4n) is 3.58. The number of ether oxygens (including phenoxy) is 2. The molecule has 1 unspecified atom stereocenters. The van der Waals surface area contributed by atoms with Crippen molar-refractivity contribution in [2.75, 3.05) is 24.7 Å². The zero-order chi connectivity index (χ0) is 28.8. The summed E-state index contributed by atoms with van der Waals surface area (Å²) < 4.78 is 49.7. The number of methoxy groups -OCH3 is 1. The highest BCUT2D eigenvalue weighted by Crippen LogP contribution is 2.32. The van der Waals surface area contributed by atoms with Crippen LogP contribution in [0.15, 0.2) is 30.3 Å². The van der Waals surface area contributed by atoms with Crippen LogP contribution in [-0.4, -0.2) is 67.7 Å². The number of aromatic nitrogens is 2. The van der Waals surface area contributed by atoms with Crippen molar-refractivity contribution < 1.29 is 32.2 Å². The lowest BCUT2D eigenvalue weighted by molar-refractivity contribution is -0.157. The number of esters is 1. The molecule has 0 spiro atoms. The summed E-state index contributed by atoms with van der Waals surface area (Å²) in [6, 6.07) is 5.66. The molecule has 9 nitrogen and oxygen atoms in total. The van der Waals surface area contributed by atoms with Crippen LogP contribution in [0.5, 0.6) is 0 Å². The van der Waals surface area contributed by atoms with Crippen LogP contribution in [0, 0.1) is 5.82 Å². The number of carbonyl (C=O) groups is 1. The first-order valence-electron chi connectivity index (χ1n) is 12.2. The predicted octanol–water partition coefficient (Wildman–Crippen LogP) is 4.31. The Morgan fingerprint density at radius 3 is 2.29 bits per heavy atom. The van der Waals surface area contributed by atoms with Gasteiger partial charge in [0, 0.05) is 31.7 Å². The van der Waals surface area contributed by atoms with Gasteiger partial charge in [-0.1, -0.05) is 26.0 Å². The van der Waals surface area contributed by atoms with Gasteiger partial charge < -0.3 is 14.6 Å². The summed E-state index contributed by atoms with van der Waals surface area (Å²) in [5, 5.41) is 10.7. The number of hydrogen-bond donors (Lipinski definition) is 1. The third-order valence-corrected chi connectivity index (χ3v) is 6.70. The lowest BCUT2D eigenvalue weighted by atomic mass is 9.97. The van der Waals surface area contributed by atoms with Crippen LogP contribution in [0.2, 0.25) is 0 Å². The first-order chi connectivity index (χ1) is 17.5. The first-order valence-corrected chi connectivity index (χ1v) is 14.1. The summed E-state index contributed by atoms with van der Waals surface area (Å²) in [5.41, 5.74) is 1.40. The van der Waals surface area contributed by atoms with Crippen LogP contribution in [-0.2, 0) is 24.3 Å². The van der Waals surface area contributed by atoms with Gasteiger partial charge in [0.25, 0.3) is 0 Å². The summed E-state index contributed by atoms with van der Waals surface area (Å²) in [6.45, 7) is 9.12. The Morgan fingerprint density at radius 1 is 1.18 bits per heavy atom. The van der Waals surface area contributed by atoms with E-state index in [0.717, 1.165) is 10.6 Å². The maximum atomic E-state index is 13.7. The van der Waals surface area contributed by atoms with Crippen LogP contribution in [0.3, 0.4) is 0 Å². The second-order valence-electron chi connectivity index (χ2n) is 10.4. The Balaban J connectivity index is 2.48. The second-order valence-corrected chi connectivity index (χ2v) is 12.4. The molecule has 1 aromatic heterocycles. The molecule has 2 rings (SSSR count). The third kappa shape index (κ3) is 9.14. The van der Waals surface area contributed by atoms with E-state index < -0.39 is 39.6 Å². The molecule has 1 heterocycles. The molecule has 0 saturated carbocycles. The van der Waals surface area contributed by atoms with Gasteiger partial charge in [-0.05, 0) is 51.0 Å². The molecular formula is C27H38FN3O6S. The zero-order valence-corrected chi connectivity index (χ0v) is 24.0. The van der Waals surface area contributed by atoms with Gasteiger partial charge in [0.2, 0.25) is 16.0 Å². The normalized spacial score (nSPS) is 14.1. The van der Waals surface area contributed by atoms with Crippen LogP contribution in [0.1, 0.15) is 64.6 Å². The Labute approximate surface area is 224 Å². The highest BCUT2D eigenvalue weighted by atomic mass is 32.2. The van der Waals surface area contributed by atoms with Crippen molar-refractivity contribution in [2.24, 2.45) is 0 Å². The van der Waals surface area contributed by atoms with E-state index >= 15 is 0 Å². The lowest BCUT2D eigenvalue weighted by Gasteiger charge is -2.22. The van der Waals surface area contributed by atoms with Crippen molar-refractivity contribution in [1.29, 1.82) is 0 Å². The minimum absolute atomic E-state index is 0.0215. The van der Waals surface area contributed by atoms with E-state index in [0.29, 0.717) is 22.5 Å². The van der Waals surface area contributed by atoms with Crippen molar-refractivity contribution in [3.8, 4) is 11.3 Å². The van der Waals surface area contributed by atoms with Crippen molar-refractivity contribution in [3.63, 3.8) is 0 Å². The van der Waals surface area contributed by atoms with E-state index in [1.165, 1.54) is 26.3 Å². The zero-order valence-electron chi connectivity index (χ0n) is 23.2. The molecule has 210 valence electrons. The number of nitrogens with zero attached hydrogens (tertiary/aromatic N) is 3. The van der Waals surface area contributed by atoms with E-state index in [-0.39, 0.29) is 24.7 Å². The molecule has 0 fully saturated rings. The molecule has 38 heavy (non-hydrogen) atoms. The summed E-state index contributed by atoms with van der Waals surface area (Å²) >= 11 is 0. The van der Waals surface area contributed by atoms with E-state index in [1.807, 2.05) is 13.8 Å². The van der Waals surface area contributed by atoms with E-state index in [4.69, 9.17) is 9.47 Å². The first kappa shape index (κ1) is 31.3. The van der Waals surface area contributed by atoms with Crippen LogP contribution >= 0.6 is 0 Å². The highest BCUT2D eigenvalue weighted by Gasteiger charge is 2.24. The van der Waals surface area contributed by atoms with Gasteiger partial charge in [-0.2, -0.15) is 0 Å². The molecule has 0 saturated heterocycles. The van der Waals surface area contributed by atoms with Gasteiger partial charge in [0.15, 0.2) is 0 Å². The number of carbonyl (C=O) groups excluding carboxylic acids is 1. The molecule has 2 atom stereocenters. The van der Waals surface area contributed by atoms with E-state index in [9.17, 15) is 22.7 Å².